The molecule has 0 radical (unpaired) electrons. The van der Waals surface area contributed by atoms with Crippen molar-refractivity contribution in [3.05, 3.63) is 34.9 Å². The lowest BCUT2D eigenvalue weighted by atomic mass is 10.2. The normalized spacial score (nSPS) is 21.8. The molecule has 4 heterocycles. The smallest absolute Gasteiger partial charge is 0.388 e. The van der Waals surface area contributed by atoms with Crippen LogP contribution in [0.15, 0.2) is 23.6 Å². The highest BCUT2D eigenvalue weighted by Gasteiger charge is 2.37. The number of hydrogen-bond donors (Lipinski definition) is 5. The highest BCUT2D eigenvalue weighted by molar-refractivity contribution is 7.23. The van der Waals surface area contributed by atoms with E-state index in [0.717, 1.165) is 0 Å². The number of hydrogen-bond acceptors (Lipinski definition) is 9. The largest absolute Gasteiger partial charge is 0.390 e. The molecule has 1 aliphatic heterocycles. The van der Waals surface area contributed by atoms with Gasteiger partial charge in [-0.3, -0.25) is 19.1 Å². The fourth-order valence-electron chi connectivity index (χ4n) is 3.34. The minimum absolute atomic E-state index is 0.0768. The first-order valence-corrected chi connectivity index (χ1v) is 10.6. The number of nitrogens with one attached hydrogen (secondary N) is 4. The third-order valence-corrected chi connectivity index (χ3v) is 5.36. The first kappa shape index (κ1) is 19.8. The van der Waals surface area contributed by atoms with Crippen LogP contribution in [0.4, 0.5) is 5.95 Å². The van der Waals surface area contributed by atoms with E-state index in [9.17, 15) is 19.3 Å². The molecule has 5 N–H and O–H groups in total. The Labute approximate surface area is 178 Å². The lowest BCUT2D eigenvalue weighted by molar-refractivity contribution is -0.120. The molecule has 0 saturated carbocycles. The fraction of sp³-hybridized carbons (Fsp3) is 0.471. The summed E-state index contributed by atoms with van der Waals surface area (Å²) in [6.45, 7) is 0.619. The van der Waals surface area contributed by atoms with Crippen molar-refractivity contribution in [3.8, 4) is 0 Å². The molecule has 3 aromatic rings. The highest BCUT2D eigenvalue weighted by Crippen LogP contribution is 2.31. The summed E-state index contributed by atoms with van der Waals surface area (Å²) in [5, 5.41) is 15.8. The molecule has 3 aromatic heterocycles. The maximum Gasteiger partial charge on any atom is 0.388 e. The summed E-state index contributed by atoms with van der Waals surface area (Å²) >= 11 is 0. The summed E-state index contributed by atoms with van der Waals surface area (Å²) in [5.74, 6) is 0.0170. The van der Waals surface area contributed by atoms with Crippen molar-refractivity contribution in [1.82, 2.24) is 34.8 Å². The van der Waals surface area contributed by atoms with E-state index in [4.69, 9.17) is 6.02 Å². The van der Waals surface area contributed by atoms with Crippen molar-refractivity contribution in [3.63, 3.8) is 0 Å². The molecule has 1 saturated heterocycles. The van der Waals surface area contributed by atoms with Gasteiger partial charge in [0.15, 0.2) is 17.3 Å². The molecule has 164 valence electrons. The number of carbonyl (C=O) groups is 1. The van der Waals surface area contributed by atoms with E-state index in [-0.39, 0.29) is 42.0 Å². The number of H-pyrrole nitrogens is 2. The fourth-order valence-corrected chi connectivity index (χ4v) is 3.82. The van der Waals surface area contributed by atoms with Crippen LogP contribution in [0.5, 0.6) is 0 Å². The number of carbonyl (C=O) groups excluding carboxylic acids is 1. The van der Waals surface area contributed by atoms with E-state index in [1.165, 1.54) is 17.2 Å². The molecule has 4 unspecified atom stereocenters. The predicted molar refractivity (Wildman–Crippen MR) is 110 cm³/mol. The Hall–Kier alpha value is -3.15. The Balaban J connectivity index is 1.39. The van der Waals surface area contributed by atoms with E-state index in [0.29, 0.717) is 18.8 Å². The van der Waals surface area contributed by atoms with Crippen LogP contribution in [0.3, 0.4) is 0 Å². The van der Waals surface area contributed by atoms with E-state index in [1.54, 1.807) is 6.20 Å². The Morgan fingerprint density at radius 2 is 2.35 bits per heavy atom. The molecule has 1 amide bonds. The van der Waals surface area contributed by atoms with Gasteiger partial charge in [0.05, 0.1) is 25.2 Å². The SMILES string of the molecule is [3H][P+](=O)CC1OC(n2cnc3c(=O)[nH]c(NCCNC(=O)Cc4cnc[nH]4)nc32)CC1O. The third-order valence-electron chi connectivity index (χ3n) is 4.85. The third kappa shape index (κ3) is 4.79. The topological polar surface area (TPSA) is 180 Å². The number of nitrogens with zero attached hydrogens (tertiary/aromatic N) is 4. The van der Waals surface area contributed by atoms with Gasteiger partial charge in [0.2, 0.25) is 11.9 Å². The predicted octanol–water partition coefficient (Wildman–Crippen LogP) is -0.714. The number of rotatable bonds is 9. The zero-order chi connectivity index (χ0) is 22.7. The van der Waals surface area contributed by atoms with Gasteiger partial charge in [-0.1, -0.05) is 4.57 Å². The van der Waals surface area contributed by atoms with E-state index in [1.807, 2.05) is 0 Å². The molecule has 4 rings (SSSR count). The number of aliphatic hydroxyl groups is 1. The Morgan fingerprint density at radius 3 is 3.13 bits per heavy atom. The van der Waals surface area contributed by atoms with Gasteiger partial charge >= 0.3 is 9.68 Å². The van der Waals surface area contributed by atoms with Crippen LogP contribution >= 0.6 is 8.41 Å². The van der Waals surface area contributed by atoms with E-state index in [2.05, 4.69) is 35.6 Å². The summed E-state index contributed by atoms with van der Waals surface area (Å²) in [4.78, 5) is 42.0. The Morgan fingerprint density at radius 1 is 1.48 bits per heavy atom. The van der Waals surface area contributed by atoms with Gasteiger partial charge in [0.25, 0.3) is 5.56 Å². The summed E-state index contributed by atoms with van der Waals surface area (Å²) < 4.78 is 25.7. The van der Waals surface area contributed by atoms with Crippen LogP contribution in [-0.2, 0) is 20.5 Å². The zero-order valence-electron chi connectivity index (χ0n) is 17.3. The number of fused-ring (bicyclic) bond motifs is 1. The first-order chi connectivity index (χ1) is 15.4. The molecule has 31 heavy (non-hydrogen) atoms. The van der Waals surface area contributed by atoms with Gasteiger partial charge in [0.1, 0.15) is 12.3 Å². The maximum atomic E-state index is 12.4. The lowest BCUT2D eigenvalue weighted by Crippen LogP contribution is -2.30. The van der Waals surface area contributed by atoms with Crippen molar-refractivity contribution >= 4 is 31.4 Å². The molecule has 13 nitrogen and oxygen atoms in total. The number of aromatic amines is 2. The molecule has 1 aliphatic rings. The van der Waals surface area contributed by atoms with Crippen LogP contribution in [0, 0.1) is 0 Å². The van der Waals surface area contributed by atoms with Crippen molar-refractivity contribution in [1.29, 1.82) is 1.28 Å². The maximum absolute atomic E-state index is 12.4. The minimum atomic E-state index is -2.21. The molecule has 4 atom stereocenters. The van der Waals surface area contributed by atoms with Gasteiger partial charge in [0, 0.05) is 31.4 Å². The quantitative estimate of drug-likeness (QED) is 0.207. The number of aliphatic hydroxyl groups excluding tert-OH is 1. The van der Waals surface area contributed by atoms with Gasteiger partial charge in [-0.15, -0.1) is 0 Å². The van der Waals surface area contributed by atoms with Crippen molar-refractivity contribution in [2.75, 3.05) is 24.6 Å². The monoisotopic (exact) mass is 451 g/mol. The minimum Gasteiger partial charge on any atom is -0.390 e. The van der Waals surface area contributed by atoms with Crippen LogP contribution in [0.25, 0.3) is 11.2 Å². The van der Waals surface area contributed by atoms with Gasteiger partial charge < -0.3 is 25.5 Å². The van der Waals surface area contributed by atoms with Crippen LogP contribution in [-0.4, -0.2) is 73.2 Å². The molecule has 0 spiro atoms. The summed E-state index contributed by atoms with van der Waals surface area (Å²) in [5.41, 5.74) is 0.615. The summed E-state index contributed by atoms with van der Waals surface area (Å²) in [6.07, 6.45) is 2.50. The Bertz CT molecular complexity index is 1170. The number of aromatic nitrogens is 6. The molecule has 14 heteroatoms. The number of anilines is 1. The average Bonchev–Trinajstić information content (AvgIpc) is 3.46. The van der Waals surface area contributed by atoms with Crippen LogP contribution in [0.2, 0.25) is 0 Å². The second-order valence-corrected chi connectivity index (χ2v) is 7.64. The number of imidazole rings is 2. The van der Waals surface area contributed by atoms with Gasteiger partial charge in [-0.2, -0.15) is 4.98 Å². The zero-order valence-corrected chi connectivity index (χ0v) is 17.2. The molecular formula is C17H22N8O5P+. The number of ether oxygens (including phenoxy) is 1. The second kappa shape index (κ2) is 9.33. The summed E-state index contributed by atoms with van der Waals surface area (Å²) in [6, 6.07) is 0. The van der Waals surface area contributed by atoms with E-state index < -0.39 is 32.4 Å². The lowest BCUT2D eigenvalue weighted by Gasteiger charge is -2.13. The van der Waals surface area contributed by atoms with Crippen LogP contribution < -0.4 is 16.2 Å². The molecule has 0 aromatic carbocycles. The molecule has 0 aliphatic carbocycles. The van der Waals surface area contributed by atoms with E-state index >= 15 is 0 Å². The molecule has 1 fully saturated rings. The summed E-state index contributed by atoms with van der Waals surface area (Å²) in [7, 11) is -2.21. The van der Waals surface area contributed by atoms with Crippen molar-refractivity contribution < 1.29 is 19.2 Å². The second-order valence-electron chi connectivity index (χ2n) is 7.01. The Kier molecular flexibility index (Phi) is 5.96. The van der Waals surface area contributed by atoms with Crippen molar-refractivity contribution in [2.45, 2.75) is 31.3 Å². The molecule has 0 bridgehead atoms. The van der Waals surface area contributed by atoms with Gasteiger partial charge in [-0.25, -0.2) is 9.97 Å². The number of amides is 1. The van der Waals surface area contributed by atoms with Crippen LogP contribution in [0.1, 0.15) is 18.3 Å². The van der Waals surface area contributed by atoms with Crippen molar-refractivity contribution in [2.24, 2.45) is 0 Å². The van der Waals surface area contributed by atoms with Gasteiger partial charge in [-0.05, 0) is 0 Å². The standard InChI is InChI=1S/C17H21N8O5P/c26-10-4-13(30-11(10)6-31-29)25-8-22-14-15(25)23-17(24-16(14)28)20-2-1-19-12(27)3-9-5-18-7-21-9/h5,7-8,10-11,13,26H,1-4,6H2,(H,18,21)(H,19,27)(H2,20,23,24,28)/p+1/i/hT. The highest BCUT2D eigenvalue weighted by atomic mass is 31.1. The molecular weight excluding hydrogens is 427 g/mol. The first-order valence-electron chi connectivity index (χ1n) is 10.1. The average molecular weight is 451 g/mol.